The molecule has 5 rings (SSSR count). The molecular formula is C26H26FN5O2. The number of morpholine rings is 1. The minimum absolute atomic E-state index is 0.207. The highest BCUT2D eigenvalue weighted by Crippen LogP contribution is 2.30. The number of rotatable bonds is 5. The van der Waals surface area contributed by atoms with Crippen molar-refractivity contribution in [3.8, 4) is 11.1 Å². The average Bonchev–Trinajstić information content (AvgIpc) is 3.26. The molecule has 4 heterocycles. The lowest BCUT2D eigenvalue weighted by Crippen LogP contribution is -2.36. The third-order valence-corrected chi connectivity index (χ3v) is 5.88. The van der Waals surface area contributed by atoms with Gasteiger partial charge >= 0.3 is 0 Å². The summed E-state index contributed by atoms with van der Waals surface area (Å²) in [5, 5.41) is 0.954. The summed E-state index contributed by atoms with van der Waals surface area (Å²) in [6, 6.07) is 11.8. The molecule has 174 valence electrons. The van der Waals surface area contributed by atoms with E-state index in [9.17, 15) is 9.18 Å². The second-order valence-corrected chi connectivity index (χ2v) is 8.50. The predicted octanol–water partition coefficient (Wildman–Crippen LogP) is 3.78. The number of hydrogen-bond donors (Lipinski definition) is 1. The Morgan fingerprint density at radius 2 is 2.00 bits per heavy atom. The van der Waals surface area contributed by atoms with Crippen LogP contribution >= 0.6 is 0 Å². The van der Waals surface area contributed by atoms with E-state index in [0.29, 0.717) is 24.5 Å². The summed E-state index contributed by atoms with van der Waals surface area (Å²) >= 11 is 0. The van der Waals surface area contributed by atoms with Gasteiger partial charge in [-0.2, -0.15) is 0 Å². The zero-order valence-corrected chi connectivity index (χ0v) is 19.2. The highest BCUT2D eigenvalue weighted by Gasteiger charge is 2.16. The molecule has 1 aromatic carbocycles. The van der Waals surface area contributed by atoms with Crippen molar-refractivity contribution in [1.82, 2.24) is 19.4 Å². The highest BCUT2D eigenvalue weighted by molar-refractivity contribution is 5.95. The van der Waals surface area contributed by atoms with Gasteiger partial charge in [0.2, 0.25) is 0 Å². The number of fused-ring (bicyclic) bond motifs is 1. The van der Waals surface area contributed by atoms with Gasteiger partial charge in [-0.25, -0.2) is 9.37 Å². The van der Waals surface area contributed by atoms with E-state index >= 15 is 0 Å². The molecule has 0 radical (unpaired) electrons. The molecule has 0 amide bonds. The minimum Gasteiger partial charge on any atom is -0.382 e. The molecule has 1 saturated heterocycles. The van der Waals surface area contributed by atoms with Crippen molar-refractivity contribution in [3.05, 3.63) is 89.0 Å². The zero-order valence-electron chi connectivity index (χ0n) is 19.2. The molecule has 34 heavy (non-hydrogen) atoms. The Bertz CT molecular complexity index is 1420. The molecule has 1 fully saturated rings. The van der Waals surface area contributed by atoms with Crippen LogP contribution in [0.25, 0.3) is 27.9 Å². The molecule has 1 aliphatic rings. The Hall–Kier alpha value is -3.91. The number of nitrogens with zero attached hydrogens (tertiary/aromatic N) is 4. The van der Waals surface area contributed by atoms with Crippen LogP contribution in [0, 0.1) is 5.82 Å². The average molecular weight is 460 g/mol. The van der Waals surface area contributed by atoms with Gasteiger partial charge in [-0.05, 0) is 29.8 Å². The fourth-order valence-electron chi connectivity index (χ4n) is 4.24. The monoisotopic (exact) mass is 459 g/mol. The number of aromatic amines is 1. The Morgan fingerprint density at radius 3 is 2.74 bits per heavy atom. The number of aromatic nitrogens is 3. The summed E-state index contributed by atoms with van der Waals surface area (Å²) in [4.78, 5) is 25.1. The molecule has 0 bridgehead atoms. The maximum Gasteiger partial charge on any atom is 0.255 e. The minimum atomic E-state index is -0.353. The number of anilines is 1. The Balaban J connectivity index is 1.55. The van der Waals surface area contributed by atoms with Crippen molar-refractivity contribution < 1.29 is 9.13 Å². The van der Waals surface area contributed by atoms with E-state index in [2.05, 4.69) is 20.9 Å². The highest BCUT2D eigenvalue weighted by atomic mass is 19.1. The molecule has 0 aliphatic carbocycles. The summed E-state index contributed by atoms with van der Waals surface area (Å²) < 4.78 is 20.9. The van der Waals surface area contributed by atoms with Crippen molar-refractivity contribution in [3.63, 3.8) is 0 Å². The molecular weight excluding hydrogens is 433 g/mol. The maximum absolute atomic E-state index is 13.9. The number of nitrogens with one attached hydrogen (secondary N) is 1. The van der Waals surface area contributed by atoms with Crippen LogP contribution in [-0.4, -0.2) is 59.8 Å². The largest absolute Gasteiger partial charge is 0.382 e. The molecule has 4 aromatic rings. The van der Waals surface area contributed by atoms with Gasteiger partial charge in [0.25, 0.3) is 5.56 Å². The van der Waals surface area contributed by atoms with Crippen molar-refractivity contribution in [2.75, 3.05) is 45.3 Å². The topological polar surface area (TPSA) is 66.4 Å². The van der Waals surface area contributed by atoms with E-state index in [0.717, 1.165) is 40.9 Å². The van der Waals surface area contributed by atoms with E-state index in [1.165, 1.54) is 16.7 Å². The third kappa shape index (κ3) is 4.32. The third-order valence-electron chi connectivity index (χ3n) is 5.88. The van der Waals surface area contributed by atoms with E-state index in [1.807, 2.05) is 37.5 Å². The van der Waals surface area contributed by atoms with Gasteiger partial charge in [-0.3, -0.25) is 9.36 Å². The van der Waals surface area contributed by atoms with Crippen molar-refractivity contribution in [2.24, 2.45) is 0 Å². The molecule has 0 saturated carbocycles. The van der Waals surface area contributed by atoms with Gasteiger partial charge in [0, 0.05) is 68.4 Å². The molecule has 8 heteroatoms. The van der Waals surface area contributed by atoms with Crippen LogP contribution in [0.15, 0.2) is 72.0 Å². The predicted molar refractivity (Wildman–Crippen MR) is 132 cm³/mol. The number of ether oxygens (including phenoxy) is 1. The quantitative estimate of drug-likeness (QED) is 0.492. The van der Waals surface area contributed by atoms with E-state index in [-0.39, 0.29) is 11.4 Å². The molecule has 1 aliphatic heterocycles. The van der Waals surface area contributed by atoms with Crippen molar-refractivity contribution >= 4 is 22.4 Å². The normalized spacial score (nSPS) is 14.6. The van der Waals surface area contributed by atoms with E-state index in [1.54, 1.807) is 30.6 Å². The first-order valence-electron chi connectivity index (χ1n) is 11.2. The number of benzene rings is 1. The molecule has 0 spiro atoms. The van der Waals surface area contributed by atoms with Crippen LogP contribution < -0.4 is 10.5 Å². The molecule has 3 aromatic heterocycles. The van der Waals surface area contributed by atoms with E-state index < -0.39 is 0 Å². The summed E-state index contributed by atoms with van der Waals surface area (Å²) in [6.07, 6.45) is 7.28. The first-order chi connectivity index (χ1) is 16.5. The van der Waals surface area contributed by atoms with Crippen molar-refractivity contribution in [2.45, 2.75) is 0 Å². The molecule has 1 N–H and O–H groups in total. The summed E-state index contributed by atoms with van der Waals surface area (Å²) in [5.41, 5.74) is 4.51. The first-order valence-corrected chi connectivity index (χ1v) is 11.2. The molecule has 7 nitrogen and oxygen atoms in total. The number of pyridine rings is 2. The van der Waals surface area contributed by atoms with Gasteiger partial charge in [0.05, 0.1) is 30.8 Å². The lowest BCUT2D eigenvalue weighted by atomic mass is 10.1. The van der Waals surface area contributed by atoms with Gasteiger partial charge in [-0.15, -0.1) is 0 Å². The smallest absolute Gasteiger partial charge is 0.255 e. The van der Waals surface area contributed by atoms with Gasteiger partial charge in [0.15, 0.2) is 0 Å². The van der Waals surface area contributed by atoms with Crippen LogP contribution in [0.5, 0.6) is 0 Å². The number of H-pyrrole nitrogens is 1. The van der Waals surface area contributed by atoms with Crippen LogP contribution in [0.3, 0.4) is 0 Å². The Morgan fingerprint density at radius 1 is 1.18 bits per heavy atom. The fraction of sp³-hybridized carbons (Fsp3) is 0.231. The second kappa shape index (κ2) is 9.15. The van der Waals surface area contributed by atoms with Gasteiger partial charge in [0.1, 0.15) is 11.5 Å². The van der Waals surface area contributed by atoms with Crippen LogP contribution in [0.4, 0.5) is 10.1 Å². The lowest BCUT2D eigenvalue weighted by Gasteiger charge is -2.28. The van der Waals surface area contributed by atoms with Crippen LogP contribution in [-0.2, 0) is 4.74 Å². The summed E-state index contributed by atoms with van der Waals surface area (Å²) in [7, 11) is 3.73. The second-order valence-electron chi connectivity index (χ2n) is 8.50. The van der Waals surface area contributed by atoms with Crippen molar-refractivity contribution in [1.29, 1.82) is 0 Å². The fourth-order valence-corrected chi connectivity index (χ4v) is 4.24. The molecule has 0 unspecified atom stereocenters. The van der Waals surface area contributed by atoms with Gasteiger partial charge in [-0.1, -0.05) is 12.1 Å². The number of hydrogen-bond acceptors (Lipinski definition) is 5. The Labute approximate surface area is 196 Å². The Kier molecular flexibility index (Phi) is 5.90. The zero-order chi connectivity index (χ0) is 23.7. The van der Waals surface area contributed by atoms with Crippen LogP contribution in [0.2, 0.25) is 0 Å². The van der Waals surface area contributed by atoms with Gasteiger partial charge < -0.3 is 19.5 Å². The lowest BCUT2D eigenvalue weighted by molar-refractivity contribution is 0.122. The van der Waals surface area contributed by atoms with Crippen LogP contribution in [0.1, 0.15) is 5.56 Å². The number of halogens is 1. The molecule has 0 atom stereocenters. The summed E-state index contributed by atoms with van der Waals surface area (Å²) in [6.45, 7) is 3.04. The maximum atomic E-state index is 13.9. The first kappa shape index (κ1) is 21.9. The standard InChI is InChI=1S/C26H26FN5O2/c1-30(2)17-24(19-4-3-5-20(27)12-19)32-7-6-18(13-25(32)33)23-16-29-26-22(23)14-21(15-28-26)31-8-10-34-11-9-31/h3-7,12-17H,8-11H2,1-2H3,(H,28,29)/b24-17-. The SMILES string of the molecule is CN(C)/C=C(/c1cccc(F)c1)n1ccc(-c2c[nH]c3ncc(N4CCOCC4)cc23)cc1=O. The van der Waals surface area contributed by atoms with E-state index in [4.69, 9.17) is 4.74 Å². The summed E-state index contributed by atoms with van der Waals surface area (Å²) in [5.74, 6) is -0.353.